The second kappa shape index (κ2) is 8.00. The lowest BCUT2D eigenvalue weighted by Crippen LogP contribution is -2.31. The van der Waals surface area contributed by atoms with Crippen LogP contribution in [0.3, 0.4) is 0 Å². The molecular formula is C21H19Cl2NO4. The summed E-state index contributed by atoms with van der Waals surface area (Å²) in [6, 6.07) is 7.01. The van der Waals surface area contributed by atoms with Crippen LogP contribution in [0.5, 0.6) is 23.0 Å². The van der Waals surface area contributed by atoms with E-state index in [9.17, 15) is 0 Å². The van der Waals surface area contributed by atoms with Crippen molar-refractivity contribution in [2.75, 3.05) is 34.1 Å². The molecule has 0 amide bonds. The van der Waals surface area contributed by atoms with E-state index in [1.54, 1.807) is 25.3 Å². The summed E-state index contributed by atoms with van der Waals surface area (Å²) in [6.45, 7) is 1.31. The zero-order valence-corrected chi connectivity index (χ0v) is 17.1. The zero-order chi connectivity index (χ0) is 19.7. The Bertz CT molecular complexity index is 967. The molecule has 2 aromatic carbocycles. The highest BCUT2D eigenvalue weighted by Gasteiger charge is 2.33. The molecule has 1 unspecified atom stereocenters. The van der Waals surface area contributed by atoms with Crippen molar-refractivity contribution in [1.82, 2.24) is 4.90 Å². The van der Waals surface area contributed by atoms with Gasteiger partial charge in [0.2, 0.25) is 12.5 Å². The predicted octanol–water partition coefficient (Wildman–Crippen LogP) is 4.34. The van der Waals surface area contributed by atoms with Crippen molar-refractivity contribution in [1.29, 1.82) is 0 Å². The molecule has 0 spiro atoms. The average molecular weight is 420 g/mol. The Morgan fingerprint density at radius 1 is 1.25 bits per heavy atom. The average Bonchev–Trinajstić information content (AvgIpc) is 3.14. The first-order chi connectivity index (χ1) is 13.6. The third-order valence-corrected chi connectivity index (χ3v) is 5.36. The van der Waals surface area contributed by atoms with Crippen molar-refractivity contribution in [3.8, 4) is 34.8 Å². The van der Waals surface area contributed by atoms with Crippen molar-refractivity contribution in [2.24, 2.45) is 0 Å². The summed E-state index contributed by atoms with van der Waals surface area (Å²) in [5, 5.41) is 1.03. The van der Waals surface area contributed by atoms with Crippen LogP contribution in [-0.2, 0) is 6.42 Å². The summed E-state index contributed by atoms with van der Waals surface area (Å²) in [5.74, 6) is 9.02. The van der Waals surface area contributed by atoms with Gasteiger partial charge in [0.05, 0.1) is 12.1 Å². The third kappa shape index (κ3) is 3.56. The van der Waals surface area contributed by atoms with E-state index >= 15 is 0 Å². The van der Waals surface area contributed by atoms with Gasteiger partial charge in [0.25, 0.3) is 0 Å². The van der Waals surface area contributed by atoms with Gasteiger partial charge in [-0.3, -0.25) is 4.90 Å². The third-order valence-electron chi connectivity index (χ3n) is 4.83. The minimum Gasteiger partial charge on any atom is -0.492 e. The van der Waals surface area contributed by atoms with E-state index < -0.39 is 0 Å². The molecule has 4 rings (SSSR count). The van der Waals surface area contributed by atoms with Crippen LogP contribution in [-0.4, -0.2) is 39.0 Å². The highest BCUT2D eigenvalue weighted by atomic mass is 35.5. The minimum atomic E-state index is -0.127. The van der Waals surface area contributed by atoms with Crippen molar-refractivity contribution in [3.63, 3.8) is 0 Å². The summed E-state index contributed by atoms with van der Waals surface area (Å²) < 4.78 is 22.5. The lowest BCUT2D eigenvalue weighted by atomic mass is 9.91. The van der Waals surface area contributed by atoms with Gasteiger partial charge < -0.3 is 18.9 Å². The van der Waals surface area contributed by atoms with Crippen molar-refractivity contribution in [2.45, 2.75) is 12.5 Å². The van der Waals surface area contributed by atoms with E-state index in [0.717, 1.165) is 24.3 Å². The molecule has 2 aliphatic rings. The first kappa shape index (κ1) is 19.1. The van der Waals surface area contributed by atoms with E-state index in [1.165, 1.54) is 5.56 Å². The van der Waals surface area contributed by atoms with Gasteiger partial charge in [0, 0.05) is 17.1 Å². The van der Waals surface area contributed by atoms with Crippen molar-refractivity contribution in [3.05, 3.63) is 45.4 Å². The molecule has 2 aromatic rings. The molecule has 2 heterocycles. The van der Waals surface area contributed by atoms with Crippen LogP contribution >= 0.6 is 23.2 Å². The lowest BCUT2D eigenvalue weighted by Gasteiger charge is -2.32. The Morgan fingerprint density at radius 2 is 2.11 bits per heavy atom. The maximum Gasteiger partial charge on any atom is 0.231 e. The first-order valence-electron chi connectivity index (χ1n) is 8.84. The van der Waals surface area contributed by atoms with Crippen molar-refractivity contribution >= 4 is 23.2 Å². The highest BCUT2D eigenvalue weighted by molar-refractivity contribution is 6.35. The fourth-order valence-electron chi connectivity index (χ4n) is 3.46. The SMILES string of the molecule is COc1c2c(cc3c1C(C#CCOc1ccc(Cl)cc1Cl)N(C)CC3)OCO2. The van der Waals surface area contributed by atoms with Gasteiger partial charge >= 0.3 is 0 Å². The van der Waals surface area contributed by atoms with Gasteiger partial charge in [-0.15, -0.1) is 0 Å². The Labute approximate surface area is 174 Å². The summed E-state index contributed by atoms with van der Waals surface area (Å²) in [5.41, 5.74) is 2.19. The topological polar surface area (TPSA) is 40.2 Å². The molecule has 0 radical (unpaired) electrons. The molecule has 0 N–H and O–H groups in total. The number of ether oxygens (including phenoxy) is 4. The molecular weight excluding hydrogens is 401 g/mol. The number of likely N-dealkylation sites (N-methyl/N-ethyl adjacent to an activating group) is 1. The molecule has 5 nitrogen and oxygen atoms in total. The molecule has 0 fully saturated rings. The maximum absolute atomic E-state index is 6.13. The van der Waals surface area contributed by atoms with E-state index in [1.807, 2.05) is 13.1 Å². The fourth-order valence-corrected chi connectivity index (χ4v) is 3.92. The molecule has 2 aliphatic heterocycles. The number of hydrogen-bond donors (Lipinski definition) is 0. The molecule has 146 valence electrons. The number of fused-ring (bicyclic) bond motifs is 2. The van der Waals surface area contributed by atoms with Crippen LogP contribution in [0.1, 0.15) is 17.2 Å². The van der Waals surface area contributed by atoms with Crippen LogP contribution in [0.4, 0.5) is 0 Å². The molecule has 7 heteroatoms. The largest absolute Gasteiger partial charge is 0.492 e. The molecule has 0 aromatic heterocycles. The second-order valence-electron chi connectivity index (χ2n) is 6.53. The molecule has 1 atom stereocenters. The Balaban J connectivity index is 1.59. The molecule has 0 aliphatic carbocycles. The molecule has 28 heavy (non-hydrogen) atoms. The number of hydrogen-bond acceptors (Lipinski definition) is 5. The molecule has 0 saturated heterocycles. The van der Waals surface area contributed by atoms with E-state index in [0.29, 0.717) is 27.3 Å². The number of benzene rings is 2. The van der Waals surface area contributed by atoms with Gasteiger partial charge in [-0.1, -0.05) is 35.0 Å². The summed E-state index contributed by atoms with van der Waals surface area (Å²) in [4.78, 5) is 2.19. The summed E-state index contributed by atoms with van der Waals surface area (Å²) >= 11 is 12.0. The van der Waals surface area contributed by atoms with Crippen LogP contribution in [0.15, 0.2) is 24.3 Å². The van der Waals surface area contributed by atoms with Gasteiger partial charge in [0.1, 0.15) is 18.4 Å². The quantitative estimate of drug-likeness (QED) is 0.691. The normalized spacial score (nSPS) is 17.5. The van der Waals surface area contributed by atoms with E-state index in [-0.39, 0.29) is 19.4 Å². The summed E-state index contributed by atoms with van der Waals surface area (Å²) in [7, 11) is 3.69. The Hall–Kier alpha value is -2.26. The van der Waals surface area contributed by atoms with Gasteiger partial charge in [0.15, 0.2) is 11.5 Å². The van der Waals surface area contributed by atoms with Gasteiger partial charge in [-0.2, -0.15) is 0 Å². The monoisotopic (exact) mass is 419 g/mol. The highest BCUT2D eigenvalue weighted by Crippen LogP contribution is 2.49. The van der Waals surface area contributed by atoms with Crippen LogP contribution in [0.25, 0.3) is 0 Å². The second-order valence-corrected chi connectivity index (χ2v) is 7.38. The van der Waals surface area contributed by atoms with Gasteiger partial charge in [-0.05, 0) is 43.3 Å². The summed E-state index contributed by atoms with van der Waals surface area (Å²) in [6.07, 6.45) is 0.897. The number of nitrogens with zero attached hydrogens (tertiary/aromatic N) is 1. The number of halogens is 2. The number of methoxy groups -OCH3 is 1. The van der Waals surface area contributed by atoms with Gasteiger partial charge in [-0.25, -0.2) is 0 Å². The smallest absolute Gasteiger partial charge is 0.231 e. The lowest BCUT2D eigenvalue weighted by molar-refractivity contribution is 0.171. The Kier molecular flexibility index (Phi) is 5.45. The zero-order valence-electron chi connectivity index (χ0n) is 15.6. The predicted molar refractivity (Wildman–Crippen MR) is 108 cm³/mol. The van der Waals surface area contributed by atoms with Crippen molar-refractivity contribution < 1.29 is 18.9 Å². The first-order valence-corrected chi connectivity index (χ1v) is 9.60. The maximum atomic E-state index is 6.13. The van der Waals surface area contributed by atoms with Crippen LogP contribution in [0, 0.1) is 11.8 Å². The van der Waals surface area contributed by atoms with E-state index in [4.69, 9.17) is 42.1 Å². The van der Waals surface area contributed by atoms with Crippen LogP contribution in [0.2, 0.25) is 10.0 Å². The fraction of sp³-hybridized carbons (Fsp3) is 0.333. The Morgan fingerprint density at radius 3 is 2.89 bits per heavy atom. The standard InChI is InChI=1S/C21H19Cl2NO4/c1-24-8-7-13-10-18-20(28-12-27-18)21(25-2)19(13)16(24)4-3-9-26-17-6-5-14(22)11-15(17)23/h5-6,10-11,16H,7-9,12H2,1-2H3. The van der Waals surface area contributed by atoms with Crippen LogP contribution < -0.4 is 18.9 Å². The molecule has 0 bridgehead atoms. The minimum absolute atomic E-state index is 0.127. The molecule has 0 saturated carbocycles. The number of rotatable bonds is 3. The van der Waals surface area contributed by atoms with E-state index in [2.05, 4.69) is 16.7 Å².